The number of hydrogen-bond donors (Lipinski definition) is 0. The molecule has 2 amide bonds. The average molecular weight is 408 g/mol. The fourth-order valence-electron chi connectivity index (χ4n) is 3.70. The van der Waals surface area contributed by atoms with E-state index in [1.54, 1.807) is 24.3 Å². The predicted octanol–water partition coefficient (Wildman–Crippen LogP) is 1.82. The van der Waals surface area contributed by atoms with Crippen molar-refractivity contribution in [3.63, 3.8) is 0 Å². The van der Waals surface area contributed by atoms with Crippen molar-refractivity contribution in [2.24, 2.45) is 5.41 Å². The van der Waals surface area contributed by atoms with Gasteiger partial charge >= 0.3 is 0 Å². The second kappa shape index (κ2) is 7.93. The van der Waals surface area contributed by atoms with E-state index in [1.165, 1.54) is 9.21 Å². The minimum atomic E-state index is -3.52. The molecule has 1 aromatic rings. The molecule has 0 N–H and O–H groups in total. The molecule has 2 saturated heterocycles. The topological polar surface area (TPSA) is 78.0 Å². The first-order chi connectivity index (χ1) is 13.1. The third-order valence-corrected chi connectivity index (χ3v) is 7.86. The van der Waals surface area contributed by atoms with Crippen LogP contribution in [0.3, 0.4) is 0 Å². The third kappa shape index (κ3) is 4.29. The van der Waals surface area contributed by atoms with Crippen LogP contribution in [-0.2, 0) is 19.6 Å². The summed E-state index contributed by atoms with van der Waals surface area (Å²) >= 11 is 0. The lowest BCUT2D eigenvalue weighted by Crippen LogP contribution is -2.55. The Morgan fingerprint density at radius 3 is 2.00 bits per heavy atom. The van der Waals surface area contributed by atoms with Gasteiger partial charge in [-0.15, -0.1) is 0 Å². The van der Waals surface area contributed by atoms with Crippen LogP contribution in [0.2, 0.25) is 0 Å². The number of aryl methyl sites for hydroxylation is 1. The lowest BCUT2D eigenvalue weighted by molar-refractivity contribution is -0.156. The van der Waals surface area contributed by atoms with Gasteiger partial charge in [-0.05, 0) is 30.9 Å². The summed E-state index contributed by atoms with van der Waals surface area (Å²) in [5.41, 5.74) is 0.768. The summed E-state index contributed by atoms with van der Waals surface area (Å²) in [4.78, 5) is 28.5. The smallest absolute Gasteiger partial charge is 0.243 e. The van der Waals surface area contributed by atoms with E-state index in [9.17, 15) is 18.0 Å². The van der Waals surface area contributed by atoms with Crippen molar-refractivity contribution >= 4 is 21.8 Å². The molecule has 0 spiro atoms. The van der Waals surface area contributed by atoms with Gasteiger partial charge in [-0.1, -0.05) is 31.5 Å². The Bertz CT molecular complexity index is 825. The Morgan fingerprint density at radius 2 is 1.50 bits per heavy atom. The summed E-state index contributed by atoms with van der Waals surface area (Å²) in [5.74, 6) is -0.259. The maximum Gasteiger partial charge on any atom is 0.243 e. The Kier molecular flexibility index (Phi) is 5.93. The third-order valence-electron chi connectivity index (χ3n) is 5.94. The van der Waals surface area contributed by atoms with Crippen molar-refractivity contribution in [1.82, 2.24) is 14.1 Å². The molecule has 2 aliphatic rings. The largest absolute Gasteiger partial charge is 0.283 e. The first-order valence-electron chi connectivity index (χ1n) is 9.77. The van der Waals surface area contributed by atoms with Crippen LogP contribution in [0, 0.1) is 12.3 Å². The van der Waals surface area contributed by atoms with E-state index in [0.717, 1.165) is 12.0 Å². The molecule has 0 aliphatic carbocycles. The highest BCUT2D eigenvalue weighted by Crippen LogP contribution is 2.35. The minimum Gasteiger partial charge on any atom is -0.283 e. The highest BCUT2D eigenvalue weighted by atomic mass is 32.2. The van der Waals surface area contributed by atoms with E-state index >= 15 is 0 Å². The number of imide groups is 1. The van der Waals surface area contributed by atoms with Gasteiger partial charge in [0, 0.05) is 39.0 Å². The van der Waals surface area contributed by atoms with Gasteiger partial charge in [-0.25, -0.2) is 8.42 Å². The first kappa shape index (κ1) is 21.0. The molecule has 8 heteroatoms. The van der Waals surface area contributed by atoms with Crippen LogP contribution in [-0.4, -0.2) is 67.2 Å². The van der Waals surface area contributed by atoms with Crippen LogP contribution in [0.1, 0.15) is 38.7 Å². The second-order valence-corrected chi connectivity index (χ2v) is 10.1. The SMILES string of the molecule is CCC1(C)CC(=O)N(CN2CCN(S(=O)(=O)c3ccc(C)cc3)CC2)C(=O)C1. The number of carbonyl (C=O) groups is 2. The van der Waals surface area contributed by atoms with Crippen LogP contribution >= 0.6 is 0 Å². The maximum absolute atomic E-state index is 12.8. The number of piperazine rings is 1. The fraction of sp³-hybridized carbons (Fsp3) is 0.600. The number of nitrogens with zero attached hydrogens (tertiary/aromatic N) is 3. The Balaban J connectivity index is 1.59. The Morgan fingerprint density at radius 1 is 0.964 bits per heavy atom. The number of hydrogen-bond acceptors (Lipinski definition) is 5. The molecule has 7 nitrogen and oxygen atoms in total. The fourth-order valence-corrected chi connectivity index (χ4v) is 5.12. The highest BCUT2D eigenvalue weighted by Gasteiger charge is 2.40. The average Bonchev–Trinajstić information content (AvgIpc) is 2.65. The molecule has 2 heterocycles. The zero-order valence-corrected chi connectivity index (χ0v) is 17.7. The van der Waals surface area contributed by atoms with Gasteiger partial charge in [0.05, 0.1) is 11.6 Å². The molecule has 154 valence electrons. The van der Waals surface area contributed by atoms with Gasteiger partial charge in [0.1, 0.15) is 0 Å². The number of likely N-dealkylation sites (tertiary alicyclic amines) is 1. The van der Waals surface area contributed by atoms with Gasteiger partial charge in [-0.3, -0.25) is 19.4 Å². The number of piperidine rings is 1. The number of amides is 2. The van der Waals surface area contributed by atoms with Crippen molar-refractivity contribution in [2.45, 2.75) is 44.9 Å². The van der Waals surface area contributed by atoms with Crippen LogP contribution in [0.15, 0.2) is 29.2 Å². The van der Waals surface area contributed by atoms with E-state index in [2.05, 4.69) is 0 Å². The summed E-state index contributed by atoms with van der Waals surface area (Å²) in [6.45, 7) is 7.83. The lowest BCUT2D eigenvalue weighted by Gasteiger charge is -2.40. The summed E-state index contributed by atoms with van der Waals surface area (Å²) in [6, 6.07) is 6.85. The molecule has 2 aliphatic heterocycles. The molecule has 1 aromatic carbocycles. The number of benzene rings is 1. The molecule has 3 rings (SSSR count). The van der Waals surface area contributed by atoms with Crippen LogP contribution in [0.25, 0.3) is 0 Å². The van der Waals surface area contributed by atoms with Gasteiger partial charge in [0.25, 0.3) is 0 Å². The standard InChI is InChI=1S/C20H29N3O4S/c1-4-20(3)13-18(24)23(19(25)14-20)15-21-9-11-22(12-10-21)28(26,27)17-7-5-16(2)6-8-17/h5-8H,4,9-15H2,1-3H3. The normalized spacial score (nSPS) is 21.9. The van der Waals surface area contributed by atoms with Crippen LogP contribution < -0.4 is 0 Å². The van der Waals surface area contributed by atoms with Gasteiger partial charge in [0.15, 0.2) is 0 Å². The van der Waals surface area contributed by atoms with Crippen LogP contribution in [0.4, 0.5) is 0 Å². The van der Waals surface area contributed by atoms with E-state index in [1.807, 2.05) is 25.7 Å². The van der Waals surface area contributed by atoms with Crippen molar-refractivity contribution in [3.8, 4) is 0 Å². The van der Waals surface area contributed by atoms with Crippen molar-refractivity contribution in [3.05, 3.63) is 29.8 Å². The zero-order chi connectivity index (χ0) is 20.5. The monoisotopic (exact) mass is 407 g/mol. The lowest BCUT2D eigenvalue weighted by atomic mass is 9.77. The molecule has 0 radical (unpaired) electrons. The molecule has 0 aromatic heterocycles. The van der Waals surface area contributed by atoms with Gasteiger partial charge in [0.2, 0.25) is 21.8 Å². The van der Waals surface area contributed by atoms with E-state index in [4.69, 9.17) is 0 Å². The van der Waals surface area contributed by atoms with E-state index in [0.29, 0.717) is 43.9 Å². The molecule has 0 saturated carbocycles. The summed E-state index contributed by atoms with van der Waals surface area (Å²) in [5, 5.41) is 0. The first-order valence-corrected chi connectivity index (χ1v) is 11.2. The van der Waals surface area contributed by atoms with E-state index < -0.39 is 10.0 Å². The number of sulfonamides is 1. The Hall–Kier alpha value is -1.77. The highest BCUT2D eigenvalue weighted by molar-refractivity contribution is 7.89. The maximum atomic E-state index is 12.8. The summed E-state index contributed by atoms with van der Waals surface area (Å²) < 4.78 is 27.1. The van der Waals surface area contributed by atoms with Crippen molar-refractivity contribution < 1.29 is 18.0 Å². The molecular formula is C20H29N3O4S. The summed E-state index contributed by atoms with van der Waals surface area (Å²) in [6.07, 6.45) is 1.57. The summed E-state index contributed by atoms with van der Waals surface area (Å²) in [7, 11) is -3.52. The van der Waals surface area contributed by atoms with Crippen molar-refractivity contribution in [2.75, 3.05) is 32.8 Å². The van der Waals surface area contributed by atoms with Gasteiger partial charge < -0.3 is 0 Å². The zero-order valence-electron chi connectivity index (χ0n) is 16.8. The van der Waals surface area contributed by atoms with Crippen molar-refractivity contribution in [1.29, 1.82) is 0 Å². The van der Waals surface area contributed by atoms with Crippen LogP contribution in [0.5, 0.6) is 0 Å². The molecule has 0 bridgehead atoms. The minimum absolute atomic E-state index is 0.129. The van der Waals surface area contributed by atoms with Gasteiger partial charge in [-0.2, -0.15) is 4.31 Å². The quantitative estimate of drug-likeness (QED) is 0.696. The molecule has 0 atom stereocenters. The second-order valence-electron chi connectivity index (χ2n) is 8.21. The molecule has 2 fully saturated rings. The molecule has 28 heavy (non-hydrogen) atoms. The van der Waals surface area contributed by atoms with E-state index in [-0.39, 0.29) is 23.9 Å². The predicted molar refractivity (Wildman–Crippen MR) is 106 cm³/mol. The Labute approximate surface area is 167 Å². The number of carbonyl (C=O) groups excluding carboxylic acids is 2. The number of rotatable bonds is 5. The molecular weight excluding hydrogens is 378 g/mol. The molecule has 0 unspecified atom stereocenters.